The molecule has 0 aromatic heterocycles. The van der Waals surface area contributed by atoms with Gasteiger partial charge in [0.25, 0.3) is 0 Å². The molecule has 5 aliphatic rings. The Labute approximate surface area is 147 Å². The van der Waals surface area contributed by atoms with E-state index < -0.39 is 0 Å². The Kier molecular flexibility index (Phi) is 4.43. The first-order valence-corrected chi connectivity index (χ1v) is 10.4. The summed E-state index contributed by atoms with van der Waals surface area (Å²) >= 11 is 0. The highest BCUT2D eigenvalue weighted by molar-refractivity contribution is 5.78. The maximum atomic E-state index is 12.5. The molecular weight excluding hydrogens is 296 g/mol. The molecule has 3 nitrogen and oxygen atoms in total. The maximum Gasteiger partial charge on any atom is 0.234 e. The molecule has 3 heteroatoms. The Morgan fingerprint density at radius 3 is 2.17 bits per heavy atom. The van der Waals surface area contributed by atoms with Crippen LogP contribution in [0.4, 0.5) is 0 Å². The molecule has 136 valence electrons. The van der Waals surface area contributed by atoms with Crippen molar-refractivity contribution >= 4 is 5.91 Å². The van der Waals surface area contributed by atoms with Gasteiger partial charge in [0.15, 0.2) is 0 Å². The highest BCUT2D eigenvalue weighted by atomic mass is 16.2. The number of hydrogen-bond donors (Lipinski definition) is 2. The summed E-state index contributed by atoms with van der Waals surface area (Å²) in [5.41, 5.74) is 0.410. The van der Waals surface area contributed by atoms with E-state index in [1.807, 2.05) is 0 Å². The molecule has 0 heterocycles. The molecule has 0 saturated heterocycles. The minimum Gasteiger partial charge on any atom is -0.352 e. The van der Waals surface area contributed by atoms with Gasteiger partial charge in [0.05, 0.1) is 6.54 Å². The lowest BCUT2D eigenvalue weighted by molar-refractivity contribution is -0.124. The summed E-state index contributed by atoms with van der Waals surface area (Å²) in [7, 11) is 0. The van der Waals surface area contributed by atoms with Gasteiger partial charge in [-0.2, -0.15) is 0 Å². The van der Waals surface area contributed by atoms with E-state index >= 15 is 0 Å². The second-order valence-electron chi connectivity index (χ2n) is 10.5. The molecule has 24 heavy (non-hydrogen) atoms. The van der Waals surface area contributed by atoms with E-state index in [-0.39, 0.29) is 5.91 Å². The van der Waals surface area contributed by atoms with E-state index in [0.717, 1.165) is 29.6 Å². The van der Waals surface area contributed by atoms with Gasteiger partial charge in [0.2, 0.25) is 5.91 Å². The molecule has 5 saturated carbocycles. The SMILES string of the molecule is CC1CC(NCC(=O)NC2C3CC4CC(C3)CC2C4)CC(C)(C)C1. The average molecular weight is 333 g/mol. The standard InChI is InChI=1S/C21H36N2O/c1-13-4-18(11-21(2,3)10-13)22-12-19(24)23-20-16-6-14-5-15(8-16)9-17(20)7-14/h13-18,20,22H,4-12H2,1-3H3,(H,23,24). The Bertz CT molecular complexity index is 458. The third kappa shape index (κ3) is 3.52. The topological polar surface area (TPSA) is 41.1 Å². The Morgan fingerprint density at radius 2 is 1.58 bits per heavy atom. The van der Waals surface area contributed by atoms with E-state index in [2.05, 4.69) is 31.4 Å². The van der Waals surface area contributed by atoms with Crippen LogP contribution in [0.3, 0.4) is 0 Å². The summed E-state index contributed by atoms with van der Waals surface area (Å²) in [6.07, 6.45) is 10.7. The molecule has 0 aromatic carbocycles. The van der Waals surface area contributed by atoms with Crippen LogP contribution in [0.25, 0.3) is 0 Å². The fraction of sp³-hybridized carbons (Fsp3) is 0.952. The van der Waals surface area contributed by atoms with Gasteiger partial charge in [-0.05, 0) is 86.4 Å². The number of nitrogens with one attached hydrogen (secondary N) is 2. The number of amides is 1. The second-order valence-corrected chi connectivity index (χ2v) is 10.5. The number of carbonyl (C=O) groups excluding carboxylic acids is 1. The van der Waals surface area contributed by atoms with Crippen LogP contribution in [0.5, 0.6) is 0 Å². The Balaban J connectivity index is 1.27. The zero-order valence-corrected chi connectivity index (χ0v) is 15.8. The monoisotopic (exact) mass is 332 g/mol. The zero-order chi connectivity index (χ0) is 16.9. The van der Waals surface area contributed by atoms with Crippen molar-refractivity contribution in [3.05, 3.63) is 0 Å². The van der Waals surface area contributed by atoms with Crippen LogP contribution in [0.2, 0.25) is 0 Å². The van der Waals surface area contributed by atoms with Crippen molar-refractivity contribution in [1.82, 2.24) is 10.6 Å². The Hall–Kier alpha value is -0.570. The summed E-state index contributed by atoms with van der Waals surface area (Å²) in [4.78, 5) is 12.5. The fourth-order valence-corrected chi connectivity index (χ4v) is 7.14. The van der Waals surface area contributed by atoms with Crippen LogP contribution >= 0.6 is 0 Å². The predicted molar refractivity (Wildman–Crippen MR) is 97.6 cm³/mol. The first kappa shape index (κ1) is 16.9. The van der Waals surface area contributed by atoms with Crippen molar-refractivity contribution in [3.8, 4) is 0 Å². The first-order chi connectivity index (χ1) is 11.4. The molecule has 5 aliphatic carbocycles. The van der Waals surface area contributed by atoms with Gasteiger partial charge in [-0.25, -0.2) is 0 Å². The lowest BCUT2D eigenvalue weighted by atomic mass is 9.54. The quantitative estimate of drug-likeness (QED) is 0.823. The van der Waals surface area contributed by atoms with Crippen molar-refractivity contribution in [2.45, 2.75) is 84.2 Å². The molecule has 2 unspecified atom stereocenters. The minimum atomic E-state index is 0.239. The van der Waals surface area contributed by atoms with Crippen LogP contribution in [0.15, 0.2) is 0 Å². The van der Waals surface area contributed by atoms with Crippen molar-refractivity contribution in [2.24, 2.45) is 35.0 Å². The molecule has 0 aromatic rings. The van der Waals surface area contributed by atoms with Crippen molar-refractivity contribution in [3.63, 3.8) is 0 Å². The first-order valence-electron chi connectivity index (χ1n) is 10.4. The fourth-order valence-electron chi connectivity index (χ4n) is 7.14. The van der Waals surface area contributed by atoms with Gasteiger partial charge in [-0.15, -0.1) is 0 Å². The van der Waals surface area contributed by atoms with E-state index in [0.29, 0.717) is 24.0 Å². The van der Waals surface area contributed by atoms with Crippen molar-refractivity contribution < 1.29 is 4.79 Å². The maximum absolute atomic E-state index is 12.5. The molecule has 0 spiro atoms. The van der Waals surface area contributed by atoms with Gasteiger partial charge in [-0.1, -0.05) is 20.8 Å². The summed E-state index contributed by atoms with van der Waals surface area (Å²) in [6.45, 7) is 7.60. The lowest BCUT2D eigenvalue weighted by Gasteiger charge is -2.54. The number of rotatable bonds is 4. The largest absolute Gasteiger partial charge is 0.352 e. The van der Waals surface area contributed by atoms with E-state index in [1.165, 1.54) is 51.4 Å². The van der Waals surface area contributed by atoms with Crippen LogP contribution < -0.4 is 10.6 Å². The summed E-state index contributed by atoms with van der Waals surface area (Å²) in [5, 5.41) is 7.00. The van der Waals surface area contributed by atoms with Gasteiger partial charge < -0.3 is 10.6 Å². The third-order valence-electron chi connectivity index (χ3n) is 7.49. The highest BCUT2D eigenvalue weighted by Crippen LogP contribution is 2.53. The summed E-state index contributed by atoms with van der Waals surface area (Å²) in [5.74, 6) is 4.51. The van der Waals surface area contributed by atoms with Crippen molar-refractivity contribution in [2.75, 3.05) is 6.54 Å². The average Bonchev–Trinajstić information content (AvgIpc) is 2.46. The third-order valence-corrected chi connectivity index (χ3v) is 7.49. The summed E-state index contributed by atoms with van der Waals surface area (Å²) < 4.78 is 0. The lowest BCUT2D eigenvalue weighted by Crippen LogP contribution is -2.57. The van der Waals surface area contributed by atoms with Crippen LogP contribution in [-0.4, -0.2) is 24.5 Å². The van der Waals surface area contributed by atoms with Gasteiger partial charge >= 0.3 is 0 Å². The Morgan fingerprint density at radius 1 is 0.958 bits per heavy atom. The molecule has 1 amide bonds. The van der Waals surface area contributed by atoms with Crippen molar-refractivity contribution in [1.29, 1.82) is 0 Å². The molecule has 0 aliphatic heterocycles. The molecule has 5 fully saturated rings. The molecular formula is C21H36N2O. The normalized spacial score (nSPS) is 46.0. The van der Waals surface area contributed by atoms with E-state index in [4.69, 9.17) is 0 Å². The van der Waals surface area contributed by atoms with E-state index in [9.17, 15) is 4.79 Å². The minimum absolute atomic E-state index is 0.239. The van der Waals surface area contributed by atoms with Gasteiger partial charge in [0, 0.05) is 12.1 Å². The highest BCUT2D eigenvalue weighted by Gasteiger charge is 2.48. The second kappa shape index (κ2) is 6.30. The van der Waals surface area contributed by atoms with Crippen LogP contribution in [0.1, 0.15) is 72.1 Å². The van der Waals surface area contributed by atoms with Gasteiger partial charge in [0.1, 0.15) is 0 Å². The van der Waals surface area contributed by atoms with Gasteiger partial charge in [-0.3, -0.25) is 4.79 Å². The molecule has 2 atom stereocenters. The summed E-state index contributed by atoms with van der Waals surface area (Å²) in [6, 6.07) is 0.988. The molecule has 2 N–H and O–H groups in total. The predicted octanol–water partition coefficient (Wildman–Crippen LogP) is 3.73. The smallest absolute Gasteiger partial charge is 0.234 e. The zero-order valence-electron chi connectivity index (χ0n) is 15.8. The van der Waals surface area contributed by atoms with E-state index in [1.54, 1.807) is 0 Å². The number of hydrogen-bond acceptors (Lipinski definition) is 2. The number of carbonyl (C=O) groups is 1. The molecule has 5 rings (SSSR count). The van der Waals surface area contributed by atoms with Crippen LogP contribution in [0, 0.1) is 35.0 Å². The molecule has 4 bridgehead atoms. The molecule has 0 radical (unpaired) electrons. The van der Waals surface area contributed by atoms with Crippen LogP contribution in [-0.2, 0) is 4.79 Å².